The van der Waals surface area contributed by atoms with E-state index in [1.807, 2.05) is 0 Å². The molecule has 1 heterocycles. The minimum Gasteiger partial charge on any atom is -0.316 e. The number of benzene rings is 1. The average molecular weight is 282 g/mol. The van der Waals surface area contributed by atoms with Crippen molar-refractivity contribution < 1.29 is 0 Å². The predicted octanol–water partition coefficient (Wildman–Crippen LogP) is 4.34. The predicted molar refractivity (Wildman–Crippen MR) is 89.5 cm³/mol. The number of rotatable bonds is 5. The van der Waals surface area contributed by atoms with Crippen LogP contribution in [0.4, 0.5) is 0 Å². The lowest BCUT2D eigenvalue weighted by atomic mass is 9.74. The topological polar surface area (TPSA) is 24.9 Å². The van der Waals surface area contributed by atoms with Crippen LogP contribution in [0.1, 0.15) is 44.7 Å². The van der Waals surface area contributed by atoms with E-state index in [9.17, 15) is 0 Å². The number of likely N-dealkylation sites (N-methyl/N-ethyl adjacent to an activating group) is 1. The quantitative estimate of drug-likeness (QED) is 0.882. The molecule has 1 atom stereocenters. The van der Waals surface area contributed by atoms with Gasteiger partial charge < -0.3 is 5.32 Å². The zero-order valence-electron chi connectivity index (χ0n) is 13.2. The van der Waals surface area contributed by atoms with Crippen molar-refractivity contribution in [2.45, 2.75) is 51.5 Å². The third-order valence-corrected chi connectivity index (χ3v) is 5.46. The van der Waals surface area contributed by atoms with Crippen LogP contribution >= 0.6 is 0 Å². The van der Waals surface area contributed by atoms with E-state index in [2.05, 4.69) is 55.7 Å². The highest BCUT2D eigenvalue weighted by Crippen LogP contribution is 2.44. The highest BCUT2D eigenvalue weighted by atomic mass is 14.9. The van der Waals surface area contributed by atoms with Crippen molar-refractivity contribution in [2.24, 2.45) is 5.41 Å². The first-order valence-corrected chi connectivity index (χ1v) is 8.29. The Morgan fingerprint density at radius 3 is 2.62 bits per heavy atom. The van der Waals surface area contributed by atoms with E-state index < -0.39 is 0 Å². The summed E-state index contributed by atoms with van der Waals surface area (Å²) in [7, 11) is 2.11. The highest BCUT2D eigenvalue weighted by Gasteiger charge is 2.38. The summed E-state index contributed by atoms with van der Waals surface area (Å²) in [5.74, 6) is 0. The van der Waals surface area contributed by atoms with Crippen LogP contribution in [0.15, 0.2) is 36.4 Å². The summed E-state index contributed by atoms with van der Waals surface area (Å²) >= 11 is 0. The molecule has 21 heavy (non-hydrogen) atoms. The van der Waals surface area contributed by atoms with Crippen LogP contribution in [0, 0.1) is 5.41 Å². The van der Waals surface area contributed by atoms with Crippen LogP contribution < -0.4 is 5.32 Å². The van der Waals surface area contributed by atoms with Gasteiger partial charge in [-0.25, -0.2) is 0 Å². The summed E-state index contributed by atoms with van der Waals surface area (Å²) in [5.41, 5.74) is 2.80. The Labute approximate surface area is 128 Å². The van der Waals surface area contributed by atoms with E-state index in [0.717, 1.165) is 11.9 Å². The first-order chi connectivity index (χ1) is 10.3. The van der Waals surface area contributed by atoms with Crippen molar-refractivity contribution in [3.63, 3.8) is 0 Å². The number of fused-ring (bicyclic) bond motifs is 1. The van der Waals surface area contributed by atoms with Gasteiger partial charge in [-0.15, -0.1) is 0 Å². The van der Waals surface area contributed by atoms with Crippen molar-refractivity contribution >= 4 is 10.9 Å². The molecule has 0 aliphatic heterocycles. The summed E-state index contributed by atoms with van der Waals surface area (Å²) in [4.78, 5) is 4.86. The Hall–Kier alpha value is -1.41. The van der Waals surface area contributed by atoms with Crippen molar-refractivity contribution in [3.05, 3.63) is 42.1 Å². The third kappa shape index (κ3) is 2.82. The fourth-order valence-corrected chi connectivity index (χ4v) is 4.08. The molecular formula is C19H26N2. The minimum absolute atomic E-state index is 0.474. The van der Waals surface area contributed by atoms with Gasteiger partial charge in [0, 0.05) is 23.5 Å². The fourth-order valence-electron chi connectivity index (χ4n) is 4.08. The Morgan fingerprint density at radius 1 is 1.14 bits per heavy atom. The highest BCUT2D eigenvalue weighted by molar-refractivity contribution is 5.78. The van der Waals surface area contributed by atoms with Gasteiger partial charge in [-0.05, 0) is 43.9 Å². The van der Waals surface area contributed by atoms with Crippen molar-refractivity contribution in [3.8, 4) is 0 Å². The lowest BCUT2D eigenvalue weighted by Gasteiger charge is -2.37. The van der Waals surface area contributed by atoms with Crippen molar-refractivity contribution in [1.29, 1.82) is 0 Å². The molecule has 1 aromatic carbocycles. The van der Waals surface area contributed by atoms with Crippen molar-refractivity contribution in [2.75, 3.05) is 7.05 Å². The zero-order valence-corrected chi connectivity index (χ0v) is 13.2. The molecule has 3 rings (SSSR count). The summed E-state index contributed by atoms with van der Waals surface area (Å²) in [6.07, 6.45) is 7.81. The van der Waals surface area contributed by atoms with Gasteiger partial charge in [-0.1, -0.05) is 44.0 Å². The maximum absolute atomic E-state index is 4.86. The molecule has 1 aliphatic rings. The normalized spacial score (nSPS) is 19.0. The molecule has 2 aromatic rings. The zero-order chi connectivity index (χ0) is 14.7. The number of hydrogen-bond donors (Lipinski definition) is 1. The molecule has 0 amide bonds. The average Bonchev–Trinajstić information content (AvgIpc) is 3.02. The Kier molecular flexibility index (Phi) is 4.25. The molecule has 1 aliphatic carbocycles. The number of para-hydroxylation sites is 1. The lowest BCUT2D eigenvalue weighted by Crippen LogP contribution is -2.43. The summed E-state index contributed by atoms with van der Waals surface area (Å²) < 4.78 is 0. The van der Waals surface area contributed by atoms with Crippen LogP contribution in [0.25, 0.3) is 10.9 Å². The number of nitrogens with zero attached hydrogens (tertiary/aromatic N) is 1. The standard InChI is InChI=1S/C19H26N2/c1-3-19(12-6-7-13-19)18(20-2)14-16-11-10-15-8-4-5-9-17(15)21-16/h4-5,8-11,18,20H,3,6-7,12-14H2,1-2H3. The molecule has 0 saturated heterocycles. The molecule has 1 N–H and O–H groups in total. The molecule has 1 unspecified atom stereocenters. The molecule has 1 fully saturated rings. The molecule has 0 radical (unpaired) electrons. The first kappa shape index (κ1) is 14.5. The Morgan fingerprint density at radius 2 is 1.90 bits per heavy atom. The van der Waals surface area contributed by atoms with Gasteiger partial charge in [0.05, 0.1) is 5.52 Å². The van der Waals surface area contributed by atoms with Crippen LogP contribution in [-0.2, 0) is 6.42 Å². The molecule has 0 bridgehead atoms. The van der Waals surface area contributed by atoms with Crippen LogP contribution in [-0.4, -0.2) is 18.1 Å². The van der Waals surface area contributed by atoms with Gasteiger partial charge in [0.25, 0.3) is 0 Å². The third-order valence-electron chi connectivity index (χ3n) is 5.46. The van der Waals surface area contributed by atoms with Crippen LogP contribution in [0.3, 0.4) is 0 Å². The van der Waals surface area contributed by atoms with Gasteiger partial charge in [0.2, 0.25) is 0 Å². The van der Waals surface area contributed by atoms with Crippen LogP contribution in [0.2, 0.25) is 0 Å². The Bertz CT molecular complexity index is 599. The molecule has 2 heteroatoms. The fraction of sp³-hybridized carbons (Fsp3) is 0.526. The molecule has 0 spiro atoms. The maximum atomic E-state index is 4.86. The van der Waals surface area contributed by atoms with Gasteiger partial charge >= 0.3 is 0 Å². The number of nitrogens with one attached hydrogen (secondary N) is 1. The van der Waals surface area contributed by atoms with E-state index in [1.165, 1.54) is 43.2 Å². The van der Waals surface area contributed by atoms with E-state index in [-0.39, 0.29) is 0 Å². The summed E-state index contributed by atoms with van der Waals surface area (Å²) in [6.45, 7) is 2.35. The van der Waals surface area contributed by atoms with E-state index in [0.29, 0.717) is 11.5 Å². The molecular weight excluding hydrogens is 256 g/mol. The lowest BCUT2D eigenvalue weighted by molar-refractivity contribution is 0.191. The minimum atomic E-state index is 0.474. The maximum Gasteiger partial charge on any atom is 0.0705 e. The first-order valence-electron chi connectivity index (χ1n) is 8.29. The number of aromatic nitrogens is 1. The van der Waals surface area contributed by atoms with E-state index in [1.54, 1.807) is 0 Å². The molecule has 2 nitrogen and oxygen atoms in total. The second-order valence-electron chi connectivity index (χ2n) is 6.46. The van der Waals surface area contributed by atoms with Gasteiger partial charge in [0.1, 0.15) is 0 Å². The second kappa shape index (κ2) is 6.15. The van der Waals surface area contributed by atoms with E-state index in [4.69, 9.17) is 4.98 Å². The molecule has 1 saturated carbocycles. The molecule has 1 aromatic heterocycles. The molecule has 112 valence electrons. The monoisotopic (exact) mass is 282 g/mol. The summed E-state index contributed by atoms with van der Waals surface area (Å²) in [6, 6.07) is 13.3. The number of hydrogen-bond acceptors (Lipinski definition) is 2. The second-order valence-corrected chi connectivity index (χ2v) is 6.46. The number of pyridine rings is 1. The largest absolute Gasteiger partial charge is 0.316 e. The van der Waals surface area contributed by atoms with Gasteiger partial charge in [-0.2, -0.15) is 0 Å². The van der Waals surface area contributed by atoms with Gasteiger partial charge in [-0.3, -0.25) is 4.98 Å². The Balaban J connectivity index is 1.85. The smallest absolute Gasteiger partial charge is 0.0705 e. The van der Waals surface area contributed by atoms with Crippen LogP contribution in [0.5, 0.6) is 0 Å². The van der Waals surface area contributed by atoms with Crippen molar-refractivity contribution in [1.82, 2.24) is 10.3 Å². The van der Waals surface area contributed by atoms with Gasteiger partial charge in [0.15, 0.2) is 0 Å². The summed E-state index contributed by atoms with van der Waals surface area (Å²) in [5, 5.41) is 4.82. The van der Waals surface area contributed by atoms with E-state index >= 15 is 0 Å². The SMILES string of the molecule is CCC1(C(Cc2ccc3ccccc3n2)NC)CCCC1.